The molecule has 12 nitrogen and oxygen atoms in total. The molecule has 0 unspecified atom stereocenters. The Kier molecular flexibility index (Phi) is 13.1. The van der Waals surface area contributed by atoms with Crippen LogP contribution in [0.4, 0.5) is 5.69 Å². The second kappa shape index (κ2) is 17.8. The van der Waals surface area contributed by atoms with Gasteiger partial charge < -0.3 is 26.6 Å². The first-order chi connectivity index (χ1) is 23.9. The Bertz CT molecular complexity index is 1690. The molecule has 2 fully saturated rings. The van der Waals surface area contributed by atoms with E-state index in [1.165, 1.54) is 12.8 Å². The molecule has 1 saturated carbocycles. The first kappa shape index (κ1) is 36.6. The van der Waals surface area contributed by atoms with Gasteiger partial charge in [0.2, 0.25) is 17.6 Å². The smallest absolute Gasteiger partial charge is 0.251 e. The third-order valence-corrected chi connectivity index (χ3v) is 9.70. The third-order valence-electron chi connectivity index (χ3n) is 9.70. The monoisotopic (exact) mass is 699 g/mol. The number of amides is 3. The molecule has 264 valence electrons. The zero-order valence-corrected chi connectivity index (χ0v) is 29.0. The number of anilines is 1. The number of halogens is 1. The average molecular weight is 700 g/mol. The van der Waals surface area contributed by atoms with E-state index in [-0.39, 0.29) is 36.0 Å². The summed E-state index contributed by atoms with van der Waals surface area (Å²) in [6.07, 6.45) is 6.13. The lowest BCUT2D eigenvalue weighted by atomic mass is 9.81. The highest BCUT2D eigenvalue weighted by Gasteiger charge is 2.29. The minimum Gasteiger partial charge on any atom is -0.351 e. The zero-order valence-electron chi connectivity index (χ0n) is 28.1. The van der Waals surface area contributed by atoms with Gasteiger partial charge in [0.05, 0.1) is 0 Å². The number of nitrogens with two attached hydrogens (primary N) is 1. The van der Waals surface area contributed by atoms with E-state index in [4.69, 9.17) is 5.73 Å². The number of benzene rings is 3. The fraction of sp³-hybridized carbons (Fsp3) is 0.405. The molecule has 6 N–H and O–H groups in total. The number of nitrogens with zero attached hydrogens (tertiary/aromatic N) is 4. The molecular weight excluding hydrogens is 654 g/mol. The van der Waals surface area contributed by atoms with E-state index in [0.717, 1.165) is 67.6 Å². The molecule has 2 heterocycles. The van der Waals surface area contributed by atoms with Crippen molar-refractivity contribution >= 4 is 35.8 Å². The lowest BCUT2D eigenvalue weighted by Crippen LogP contribution is -2.48. The van der Waals surface area contributed by atoms with E-state index < -0.39 is 6.04 Å². The Labute approximate surface area is 298 Å². The van der Waals surface area contributed by atoms with Gasteiger partial charge in [-0.05, 0) is 122 Å². The molecule has 2 aliphatic rings. The van der Waals surface area contributed by atoms with Crippen LogP contribution in [0.1, 0.15) is 54.4 Å². The van der Waals surface area contributed by atoms with Crippen LogP contribution in [0.3, 0.4) is 0 Å². The van der Waals surface area contributed by atoms with Crippen molar-refractivity contribution in [2.45, 2.75) is 51.0 Å². The number of tetrazole rings is 1. The quantitative estimate of drug-likeness (QED) is 0.138. The summed E-state index contributed by atoms with van der Waals surface area (Å²) in [7, 11) is 0. The SMILES string of the molecule is Cl.NCC1CCC(C(=O)N[C@@H](Cc2cccc(-c3ccc(C(=O)NCCN4CCCC4)cc3)c2)C(=O)Nc2ccc(-c3nn[nH]n3)cc2)CC1. The van der Waals surface area contributed by atoms with E-state index in [9.17, 15) is 14.4 Å². The van der Waals surface area contributed by atoms with E-state index in [1.807, 2.05) is 48.5 Å². The maximum absolute atomic E-state index is 13.7. The number of nitrogens with one attached hydrogen (secondary N) is 4. The van der Waals surface area contributed by atoms with Crippen molar-refractivity contribution in [3.8, 4) is 22.5 Å². The molecule has 0 spiro atoms. The standard InChI is InChI=1S/C37H45N9O3.ClH/c38-24-25-6-8-30(9-7-25)36(48)41-33(37(49)40-32-16-14-28(15-17-32)34-42-44-45-43-34)23-26-4-3-5-31(22-26)27-10-12-29(13-11-27)35(47)39-18-21-46-19-1-2-20-46;/h3-5,10-17,22,25,30,33H,1-2,6-9,18-21,23-24,38H2,(H,39,47)(H,40,49)(H,41,48)(H,42,43,44,45);1H/t25?,30?,33-;/m0./s1. The van der Waals surface area contributed by atoms with Crippen LogP contribution in [0.5, 0.6) is 0 Å². The summed E-state index contributed by atoms with van der Waals surface area (Å²) in [5.74, 6) is 0.276. The minimum atomic E-state index is -0.793. The first-order valence-electron chi connectivity index (χ1n) is 17.3. The predicted octanol–water partition coefficient (Wildman–Crippen LogP) is 4.21. The molecule has 0 bridgehead atoms. The van der Waals surface area contributed by atoms with Gasteiger partial charge in [0, 0.05) is 42.2 Å². The lowest BCUT2D eigenvalue weighted by Gasteiger charge is -2.28. The molecule has 1 saturated heterocycles. The molecule has 3 aromatic carbocycles. The van der Waals surface area contributed by atoms with Crippen LogP contribution in [-0.4, -0.2) is 82.0 Å². The molecule has 13 heteroatoms. The zero-order chi connectivity index (χ0) is 34.0. The molecule has 6 rings (SSSR count). The Morgan fingerprint density at radius 1 is 0.900 bits per heavy atom. The summed E-state index contributed by atoms with van der Waals surface area (Å²) in [5.41, 5.74) is 10.7. The van der Waals surface area contributed by atoms with Gasteiger partial charge in [-0.1, -0.05) is 36.4 Å². The predicted molar refractivity (Wildman–Crippen MR) is 196 cm³/mol. The topological polar surface area (TPSA) is 171 Å². The summed E-state index contributed by atoms with van der Waals surface area (Å²) in [6, 6.07) is 21.9. The number of hydrogen-bond acceptors (Lipinski definition) is 8. The van der Waals surface area contributed by atoms with Crippen molar-refractivity contribution in [1.29, 1.82) is 0 Å². The maximum Gasteiger partial charge on any atom is 0.251 e. The molecule has 3 amide bonds. The van der Waals surface area contributed by atoms with Crippen LogP contribution in [0.25, 0.3) is 22.5 Å². The number of likely N-dealkylation sites (tertiary alicyclic amines) is 1. The van der Waals surface area contributed by atoms with Crippen molar-refractivity contribution in [3.63, 3.8) is 0 Å². The number of carbonyl (C=O) groups is 3. The first-order valence-corrected chi connectivity index (χ1v) is 17.3. The largest absolute Gasteiger partial charge is 0.351 e. The normalized spacial score (nSPS) is 18.1. The third kappa shape index (κ3) is 9.74. The molecule has 1 aliphatic carbocycles. The molecule has 50 heavy (non-hydrogen) atoms. The molecule has 1 aliphatic heterocycles. The van der Waals surface area contributed by atoms with Crippen molar-refractivity contribution in [2.75, 3.05) is 38.0 Å². The molecule has 0 radical (unpaired) electrons. The van der Waals surface area contributed by atoms with Gasteiger partial charge in [-0.3, -0.25) is 14.4 Å². The van der Waals surface area contributed by atoms with Gasteiger partial charge in [-0.25, -0.2) is 0 Å². The number of rotatable bonds is 13. The number of carbonyl (C=O) groups excluding carboxylic acids is 3. The van der Waals surface area contributed by atoms with Crippen molar-refractivity contribution < 1.29 is 14.4 Å². The van der Waals surface area contributed by atoms with Crippen molar-refractivity contribution in [3.05, 3.63) is 83.9 Å². The average Bonchev–Trinajstić information content (AvgIpc) is 3.88. The second-order valence-electron chi connectivity index (χ2n) is 13.1. The summed E-state index contributed by atoms with van der Waals surface area (Å²) < 4.78 is 0. The van der Waals surface area contributed by atoms with E-state index in [1.54, 1.807) is 24.3 Å². The summed E-state index contributed by atoms with van der Waals surface area (Å²) in [5, 5.41) is 23.1. The Balaban J connectivity index is 0.00000486. The summed E-state index contributed by atoms with van der Waals surface area (Å²) in [6.45, 7) is 4.35. The molecule has 1 atom stereocenters. The van der Waals surface area contributed by atoms with Crippen LogP contribution < -0.4 is 21.7 Å². The summed E-state index contributed by atoms with van der Waals surface area (Å²) >= 11 is 0. The Hall–Kier alpha value is -4.65. The van der Waals surface area contributed by atoms with E-state index in [2.05, 4.69) is 41.5 Å². The number of H-pyrrole nitrogens is 1. The van der Waals surface area contributed by atoms with E-state index >= 15 is 0 Å². The second-order valence-corrected chi connectivity index (χ2v) is 13.1. The lowest BCUT2D eigenvalue weighted by molar-refractivity contribution is -0.130. The molecular formula is C37H46ClN9O3. The number of hydrogen-bond donors (Lipinski definition) is 5. The van der Waals surface area contributed by atoms with Gasteiger partial charge in [0.15, 0.2) is 0 Å². The van der Waals surface area contributed by atoms with Gasteiger partial charge in [-0.15, -0.1) is 22.6 Å². The number of aromatic nitrogens is 4. The van der Waals surface area contributed by atoms with Crippen molar-refractivity contribution in [2.24, 2.45) is 17.6 Å². The van der Waals surface area contributed by atoms with Gasteiger partial charge in [0.25, 0.3) is 5.91 Å². The van der Waals surface area contributed by atoms with Gasteiger partial charge in [0.1, 0.15) is 6.04 Å². The van der Waals surface area contributed by atoms with Crippen LogP contribution in [0.15, 0.2) is 72.8 Å². The number of aromatic amines is 1. The van der Waals surface area contributed by atoms with Crippen LogP contribution in [0.2, 0.25) is 0 Å². The highest BCUT2D eigenvalue weighted by atomic mass is 35.5. The van der Waals surface area contributed by atoms with Gasteiger partial charge >= 0.3 is 0 Å². The van der Waals surface area contributed by atoms with Gasteiger partial charge in [-0.2, -0.15) is 5.21 Å². The molecule has 1 aromatic heterocycles. The van der Waals surface area contributed by atoms with Crippen LogP contribution in [0, 0.1) is 11.8 Å². The van der Waals surface area contributed by atoms with Crippen LogP contribution >= 0.6 is 12.4 Å². The fourth-order valence-electron chi connectivity index (χ4n) is 6.74. The van der Waals surface area contributed by atoms with Crippen molar-refractivity contribution in [1.82, 2.24) is 36.2 Å². The Morgan fingerprint density at radius 2 is 1.62 bits per heavy atom. The fourth-order valence-corrected chi connectivity index (χ4v) is 6.74. The van der Waals surface area contributed by atoms with E-state index in [0.29, 0.717) is 42.5 Å². The molecule has 4 aromatic rings. The van der Waals surface area contributed by atoms with Crippen LogP contribution in [-0.2, 0) is 16.0 Å². The summed E-state index contributed by atoms with van der Waals surface area (Å²) in [4.78, 5) is 42.3. The Morgan fingerprint density at radius 3 is 2.30 bits per heavy atom. The minimum absolute atomic E-state index is 0. The maximum atomic E-state index is 13.7. The highest BCUT2D eigenvalue weighted by molar-refractivity contribution is 5.98. The highest BCUT2D eigenvalue weighted by Crippen LogP contribution is 2.29.